The van der Waals surface area contributed by atoms with Crippen LogP contribution in [0.5, 0.6) is 0 Å². The number of nitrogens with one attached hydrogen (secondary N) is 3. The first kappa shape index (κ1) is 21.1. The van der Waals surface area contributed by atoms with Crippen molar-refractivity contribution in [2.45, 2.75) is 27.7 Å². The minimum Gasteiger partial charge on any atom is -0.332 e. The zero-order valence-corrected chi connectivity index (χ0v) is 18.0. The number of thiocarbonyl (C=S) groups is 1. The third kappa shape index (κ3) is 6.15. The Morgan fingerprint density at radius 1 is 1.00 bits per heavy atom. The Bertz CT molecular complexity index is 891. The van der Waals surface area contributed by atoms with Crippen molar-refractivity contribution in [1.82, 2.24) is 5.32 Å². The number of halogens is 1. The largest absolute Gasteiger partial charge is 0.332 e. The highest BCUT2D eigenvalue weighted by Crippen LogP contribution is 2.20. The van der Waals surface area contributed by atoms with E-state index in [1.807, 2.05) is 33.8 Å². The van der Waals surface area contributed by atoms with Crippen LogP contribution in [-0.4, -0.2) is 16.9 Å². The fourth-order valence-corrected chi connectivity index (χ4v) is 2.65. The molecule has 2 amide bonds. The first-order chi connectivity index (χ1) is 12.6. The Morgan fingerprint density at radius 3 is 2.22 bits per heavy atom. The number of anilines is 2. The maximum Gasteiger partial charge on any atom is 0.257 e. The summed E-state index contributed by atoms with van der Waals surface area (Å²) in [5, 5.41) is 8.64. The van der Waals surface area contributed by atoms with Gasteiger partial charge in [-0.05, 0) is 55.0 Å². The summed E-state index contributed by atoms with van der Waals surface area (Å²) in [5.41, 5.74) is 2.37. The number of hydrogen-bond acceptors (Lipinski definition) is 3. The van der Waals surface area contributed by atoms with Gasteiger partial charge >= 0.3 is 0 Å². The molecule has 0 heterocycles. The fourth-order valence-electron chi connectivity index (χ4n) is 2.07. The van der Waals surface area contributed by atoms with Gasteiger partial charge in [0.1, 0.15) is 0 Å². The van der Waals surface area contributed by atoms with Gasteiger partial charge in [-0.25, -0.2) is 0 Å². The second-order valence-corrected chi connectivity index (χ2v) is 8.42. The first-order valence-corrected chi connectivity index (χ1v) is 9.56. The van der Waals surface area contributed by atoms with E-state index in [0.29, 0.717) is 16.9 Å². The molecule has 0 spiro atoms. The van der Waals surface area contributed by atoms with E-state index in [9.17, 15) is 9.59 Å². The lowest BCUT2D eigenvalue weighted by Gasteiger charge is -2.18. The summed E-state index contributed by atoms with van der Waals surface area (Å²) >= 11 is 8.63. The number of benzene rings is 2. The summed E-state index contributed by atoms with van der Waals surface area (Å²) in [6.07, 6.45) is 0. The maximum atomic E-state index is 12.3. The van der Waals surface area contributed by atoms with Crippen LogP contribution in [0.4, 0.5) is 11.4 Å². The Morgan fingerprint density at radius 2 is 1.63 bits per heavy atom. The fraction of sp³-hybridized carbons (Fsp3) is 0.250. The van der Waals surface area contributed by atoms with Crippen LogP contribution in [0.15, 0.2) is 46.9 Å². The third-order valence-corrected chi connectivity index (χ3v) is 4.78. The normalized spacial score (nSPS) is 10.9. The molecule has 5 nitrogen and oxygen atoms in total. The predicted octanol–water partition coefficient (Wildman–Crippen LogP) is 4.87. The molecule has 0 fully saturated rings. The van der Waals surface area contributed by atoms with E-state index >= 15 is 0 Å². The van der Waals surface area contributed by atoms with Crippen LogP contribution < -0.4 is 16.0 Å². The first-order valence-electron chi connectivity index (χ1n) is 8.36. The van der Waals surface area contributed by atoms with E-state index in [1.54, 1.807) is 36.4 Å². The molecular weight excluding hydrogens is 426 g/mol. The van der Waals surface area contributed by atoms with E-state index in [0.717, 1.165) is 10.0 Å². The second-order valence-electron chi connectivity index (χ2n) is 7.16. The lowest BCUT2D eigenvalue weighted by molar-refractivity contribution is -0.123. The lowest BCUT2D eigenvalue weighted by atomic mass is 9.95. The van der Waals surface area contributed by atoms with Gasteiger partial charge in [0.05, 0.1) is 0 Å². The Balaban J connectivity index is 2.01. The summed E-state index contributed by atoms with van der Waals surface area (Å²) in [4.78, 5) is 24.4. The van der Waals surface area contributed by atoms with Gasteiger partial charge in [0.15, 0.2) is 5.11 Å². The maximum absolute atomic E-state index is 12.3. The molecule has 0 aliphatic heterocycles. The van der Waals surface area contributed by atoms with E-state index in [2.05, 4.69) is 31.9 Å². The monoisotopic (exact) mass is 447 g/mol. The molecule has 27 heavy (non-hydrogen) atoms. The molecule has 142 valence electrons. The molecule has 0 saturated heterocycles. The molecule has 0 atom stereocenters. The van der Waals surface area contributed by atoms with Gasteiger partial charge in [-0.2, -0.15) is 0 Å². The number of rotatable bonds is 3. The highest BCUT2D eigenvalue weighted by atomic mass is 79.9. The van der Waals surface area contributed by atoms with Crippen LogP contribution in [0.2, 0.25) is 0 Å². The van der Waals surface area contributed by atoms with Gasteiger partial charge < -0.3 is 10.6 Å². The van der Waals surface area contributed by atoms with E-state index in [4.69, 9.17) is 12.2 Å². The highest BCUT2D eigenvalue weighted by Gasteiger charge is 2.21. The molecule has 0 bridgehead atoms. The SMILES string of the molecule is Cc1ccc(C(=O)NC(=S)Nc2cccc(NC(=O)C(C)(C)C)c2)cc1Br. The minimum atomic E-state index is -0.491. The molecule has 7 heteroatoms. The van der Waals surface area contributed by atoms with Crippen LogP contribution in [0.3, 0.4) is 0 Å². The highest BCUT2D eigenvalue weighted by molar-refractivity contribution is 9.10. The average Bonchev–Trinajstić information content (AvgIpc) is 2.56. The van der Waals surface area contributed by atoms with Gasteiger partial charge in [-0.1, -0.05) is 48.8 Å². The Kier molecular flexibility index (Phi) is 6.73. The topological polar surface area (TPSA) is 70.2 Å². The molecular formula is C20H22BrN3O2S. The summed E-state index contributed by atoms with van der Waals surface area (Å²) in [7, 11) is 0. The van der Waals surface area contributed by atoms with Crippen molar-refractivity contribution in [2.75, 3.05) is 10.6 Å². The molecule has 0 radical (unpaired) electrons. The van der Waals surface area contributed by atoms with Crippen molar-refractivity contribution in [3.63, 3.8) is 0 Å². The zero-order valence-electron chi connectivity index (χ0n) is 15.6. The molecule has 0 aromatic heterocycles. The third-order valence-electron chi connectivity index (χ3n) is 3.72. The van der Waals surface area contributed by atoms with Crippen LogP contribution in [0.25, 0.3) is 0 Å². The predicted molar refractivity (Wildman–Crippen MR) is 117 cm³/mol. The van der Waals surface area contributed by atoms with Crippen LogP contribution in [0, 0.1) is 12.3 Å². The second kappa shape index (κ2) is 8.63. The Labute approximate surface area is 173 Å². The molecule has 0 aliphatic carbocycles. The van der Waals surface area contributed by atoms with Crippen molar-refractivity contribution < 1.29 is 9.59 Å². The molecule has 0 unspecified atom stereocenters. The number of aryl methyl sites for hydroxylation is 1. The van der Waals surface area contributed by atoms with Gasteiger partial charge in [-0.3, -0.25) is 14.9 Å². The zero-order chi connectivity index (χ0) is 20.2. The molecule has 0 aliphatic rings. The van der Waals surface area contributed by atoms with Crippen molar-refractivity contribution in [3.8, 4) is 0 Å². The quantitative estimate of drug-likeness (QED) is 0.586. The lowest BCUT2D eigenvalue weighted by Crippen LogP contribution is -2.34. The molecule has 3 N–H and O–H groups in total. The van der Waals surface area contributed by atoms with Crippen LogP contribution in [-0.2, 0) is 4.79 Å². The van der Waals surface area contributed by atoms with E-state index < -0.39 is 5.41 Å². The summed E-state index contributed by atoms with van der Waals surface area (Å²) in [6.45, 7) is 7.49. The molecule has 0 saturated carbocycles. The van der Waals surface area contributed by atoms with Crippen molar-refractivity contribution >= 4 is 56.4 Å². The summed E-state index contributed by atoms with van der Waals surface area (Å²) in [5.74, 6) is -0.383. The van der Waals surface area contributed by atoms with Crippen LogP contribution >= 0.6 is 28.1 Å². The number of carbonyl (C=O) groups excluding carboxylic acids is 2. The van der Waals surface area contributed by atoms with Gasteiger partial charge in [0, 0.05) is 26.8 Å². The number of carbonyl (C=O) groups is 2. The van der Waals surface area contributed by atoms with Crippen molar-refractivity contribution in [1.29, 1.82) is 0 Å². The molecule has 2 aromatic rings. The molecule has 2 aromatic carbocycles. The standard InChI is InChI=1S/C20H22BrN3O2S/c1-12-8-9-13(10-16(12)21)17(25)24-19(27)23-15-7-5-6-14(11-15)22-18(26)20(2,3)4/h5-11H,1-4H3,(H,22,26)(H2,23,24,25,27). The molecule has 2 rings (SSSR count). The van der Waals surface area contributed by atoms with Crippen molar-refractivity contribution in [3.05, 3.63) is 58.1 Å². The van der Waals surface area contributed by atoms with Gasteiger partial charge in [-0.15, -0.1) is 0 Å². The summed E-state index contributed by atoms with van der Waals surface area (Å²) in [6, 6.07) is 12.5. The summed E-state index contributed by atoms with van der Waals surface area (Å²) < 4.78 is 0.858. The number of amides is 2. The van der Waals surface area contributed by atoms with E-state index in [1.165, 1.54) is 0 Å². The minimum absolute atomic E-state index is 0.0829. The van der Waals surface area contributed by atoms with Crippen molar-refractivity contribution in [2.24, 2.45) is 5.41 Å². The van der Waals surface area contributed by atoms with Gasteiger partial charge in [0.25, 0.3) is 5.91 Å². The average molecular weight is 448 g/mol. The van der Waals surface area contributed by atoms with Crippen LogP contribution in [0.1, 0.15) is 36.7 Å². The van der Waals surface area contributed by atoms with Gasteiger partial charge in [0.2, 0.25) is 5.91 Å². The van der Waals surface area contributed by atoms with E-state index in [-0.39, 0.29) is 16.9 Å². The smallest absolute Gasteiger partial charge is 0.257 e. The number of hydrogen-bond donors (Lipinski definition) is 3. The Hall–Kier alpha value is -2.25.